The molecule has 0 saturated heterocycles. The molecule has 5 nitrogen and oxygen atoms in total. The van der Waals surface area contributed by atoms with Gasteiger partial charge < -0.3 is 15.2 Å². The SMILES string of the molecule is C=C(Oc1cc(F)ccc1C)C(=O)Nc1csc(-c2ccc(Cl)cc2)c1C(=O)O. The fourth-order valence-corrected chi connectivity index (χ4v) is 3.66. The third-order valence-electron chi connectivity index (χ3n) is 4.00. The number of thiophene rings is 1. The first-order valence-electron chi connectivity index (χ1n) is 8.31. The van der Waals surface area contributed by atoms with Crippen molar-refractivity contribution in [2.75, 3.05) is 5.32 Å². The fourth-order valence-electron chi connectivity index (χ4n) is 2.53. The number of amides is 1. The van der Waals surface area contributed by atoms with Crippen LogP contribution in [0.25, 0.3) is 10.4 Å². The summed E-state index contributed by atoms with van der Waals surface area (Å²) in [6, 6.07) is 10.6. The maximum absolute atomic E-state index is 13.4. The molecule has 1 amide bonds. The lowest BCUT2D eigenvalue weighted by Crippen LogP contribution is -2.19. The van der Waals surface area contributed by atoms with E-state index in [1.807, 2.05) is 0 Å². The number of hydrogen-bond acceptors (Lipinski definition) is 4. The second kappa shape index (κ2) is 8.46. The molecule has 2 aromatic carbocycles. The summed E-state index contributed by atoms with van der Waals surface area (Å²) in [6.45, 7) is 5.24. The van der Waals surface area contributed by atoms with Gasteiger partial charge in [-0.05, 0) is 36.2 Å². The molecular weight excluding hydrogens is 417 g/mol. The lowest BCUT2D eigenvalue weighted by atomic mass is 10.1. The fraction of sp³-hybridized carbons (Fsp3) is 0.0476. The van der Waals surface area contributed by atoms with Crippen molar-refractivity contribution in [3.63, 3.8) is 0 Å². The van der Waals surface area contributed by atoms with Crippen LogP contribution in [-0.2, 0) is 4.79 Å². The highest BCUT2D eigenvalue weighted by atomic mass is 35.5. The van der Waals surface area contributed by atoms with Gasteiger partial charge in [-0.2, -0.15) is 0 Å². The topological polar surface area (TPSA) is 75.6 Å². The van der Waals surface area contributed by atoms with Crippen LogP contribution in [-0.4, -0.2) is 17.0 Å². The zero-order valence-electron chi connectivity index (χ0n) is 15.2. The number of nitrogens with one attached hydrogen (secondary N) is 1. The monoisotopic (exact) mass is 431 g/mol. The van der Waals surface area contributed by atoms with E-state index in [9.17, 15) is 19.1 Å². The Kier molecular flexibility index (Phi) is 6.00. The number of rotatable bonds is 6. The Hall–Kier alpha value is -3.16. The number of anilines is 1. The molecule has 0 aliphatic heterocycles. The van der Waals surface area contributed by atoms with Gasteiger partial charge in [-0.15, -0.1) is 11.3 Å². The average molecular weight is 432 g/mol. The quantitative estimate of drug-likeness (QED) is 0.385. The van der Waals surface area contributed by atoms with Crippen LogP contribution in [0.15, 0.2) is 60.2 Å². The summed E-state index contributed by atoms with van der Waals surface area (Å²) < 4.78 is 18.8. The molecule has 2 N–H and O–H groups in total. The molecule has 1 aromatic heterocycles. The zero-order valence-corrected chi connectivity index (χ0v) is 16.7. The molecule has 148 valence electrons. The van der Waals surface area contributed by atoms with Crippen LogP contribution in [0.4, 0.5) is 10.1 Å². The minimum absolute atomic E-state index is 0.0552. The molecule has 0 unspecified atom stereocenters. The summed E-state index contributed by atoms with van der Waals surface area (Å²) in [4.78, 5) is 24.7. The van der Waals surface area contributed by atoms with E-state index in [2.05, 4.69) is 11.9 Å². The highest BCUT2D eigenvalue weighted by molar-refractivity contribution is 7.14. The number of carboxylic acid groups (broad SMARTS) is 1. The van der Waals surface area contributed by atoms with E-state index in [0.717, 1.165) is 6.07 Å². The van der Waals surface area contributed by atoms with Crippen LogP contribution in [0, 0.1) is 12.7 Å². The maximum atomic E-state index is 13.4. The molecule has 3 aromatic rings. The highest BCUT2D eigenvalue weighted by Crippen LogP contribution is 2.36. The molecule has 0 aliphatic carbocycles. The van der Waals surface area contributed by atoms with Crippen molar-refractivity contribution >= 4 is 40.5 Å². The Morgan fingerprint density at radius 2 is 1.90 bits per heavy atom. The first kappa shape index (κ1) is 20.6. The number of benzene rings is 2. The lowest BCUT2D eigenvalue weighted by molar-refractivity contribution is -0.114. The minimum atomic E-state index is -1.20. The zero-order chi connectivity index (χ0) is 21.1. The predicted octanol–water partition coefficient (Wildman–Crippen LogP) is 5.75. The van der Waals surface area contributed by atoms with E-state index >= 15 is 0 Å². The summed E-state index contributed by atoms with van der Waals surface area (Å²) in [5.74, 6) is -2.60. The Bertz CT molecular complexity index is 1110. The number of aromatic carboxylic acids is 1. The minimum Gasteiger partial charge on any atom is -0.478 e. The van der Waals surface area contributed by atoms with Gasteiger partial charge in [-0.3, -0.25) is 4.79 Å². The van der Waals surface area contributed by atoms with Gasteiger partial charge in [0.1, 0.15) is 17.1 Å². The second-order valence-corrected chi connectivity index (χ2v) is 7.37. The third kappa shape index (κ3) is 4.64. The Labute approximate surface area is 175 Å². The number of halogens is 2. The maximum Gasteiger partial charge on any atom is 0.339 e. The molecule has 0 radical (unpaired) electrons. The molecule has 0 fully saturated rings. The molecule has 0 spiro atoms. The number of carbonyl (C=O) groups is 2. The van der Waals surface area contributed by atoms with Crippen molar-refractivity contribution in [1.29, 1.82) is 0 Å². The van der Waals surface area contributed by atoms with E-state index < -0.39 is 17.7 Å². The van der Waals surface area contributed by atoms with E-state index in [1.165, 1.54) is 28.8 Å². The van der Waals surface area contributed by atoms with E-state index in [0.29, 0.717) is 21.0 Å². The molecule has 1 heterocycles. The summed E-state index contributed by atoms with van der Waals surface area (Å²) >= 11 is 7.05. The largest absolute Gasteiger partial charge is 0.478 e. The predicted molar refractivity (Wildman–Crippen MR) is 111 cm³/mol. The van der Waals surface area contributed by atoms with Crippen LogP contribution in [0.5, 0.6) is 5.75 Å². The lowest BCUT2D eigenvalue weighted by Gasteiger charge is -2.11. The van der Waals surface area contributed by atoms with Gasteiger partial charge in [-0.1, -0.05) is 36.4 Å². The molecule has 29 heavy (non-hydrogen) atoms. The first-order chi connectivity index (χ1) is 13.8. The van der Waals surface area contributed by atoms with Crippen LogP contribution in [0.2, 0.25) is 5.02 Å². The van der Waals surface area contributed by atoms with Gasteiger partial charge >= 0.3 is 5.97 Å². The van der Waals surface area contributed by atoms with Crippen LogP contribution >= 0.6 is 22.9 Å². The van der Waals surface area contributed by atoms with Crippen LogP contribution in [0.3, 0.4) is 0 Å². The average Bonchev–Trinajstić information content (AvgIpc) is 3.09. The van der Waals surface area contributed by atoms with Gasteiger partial charge in [-0.25, -0.2) is 9.18 Å². The Balaban J connectivity index is 1.83. The molecule has 8 heteroatoms. The number of hydrogen-bond donors (Lipinski definition) is 2. The summed E-state index contributed by atoms with van der Waals surface area (Å²) in [6.07, 6.45) is 0. The molecule has 0 aliphatic rings. The number of carbonyl (C=O) groups excluding carboxylic acids is 1. The van der Waals surface area contributed by atoms with Gasteiger partial charge in [0.25, 0.3) is 5.91 Å². The van der Waals surface area contributed by atoms with Crippen molar-refractivity contribution in [3.8, 4) is 16.2 Å². The van der Waals surface area contributed by atoms with Gasteiger partial charge in [0.05, 0.1) is 10.6 Å². The number of aryl methyl sites for hydroxylation is 1. The Morgan fingerprint density at radius 3 is 2.55 bits per heavy atom. The van der Waals surface area contributed by atoms with Crippen LogP contribution < -0.4 is 10.1 Å². The summed E-state index contributed by atoms with van der Waals surface area (Å²) in [5.41, 5.74) is 1.33. The van der Waals surface area contributed by atoms with Crippen molar-refractivity contribution in [3.05, 3.63) is 82.1 Å². The van der Waals surface area contributed by atoms with Crippen molar-refractivity contribution in [2.45, 2.75) is 6.92 Å². The van der Waals surface area contributed by atoms with Crippen molar-refractivity contribution in [2.24, 2.45) is 0 Å². The number of ether oxygens (including phenoxy) is 1. The van der Waals surface area contributed by atoms with E-state index in [-0.39, 0.29) is 22.8 Å². The van der Waals surface area contributed by atoms with Crippen molar-refractivity contribution in [1.82, 2.24) is 0 Å². The molecule has 0 saturated carbocycles. The Morgan fingerprint density at radius 1 is 1.21 bits per heavy atom. The molecule has 0 atom stereocenters. The highest BCUT2D eigenvalue weighted by Gasteiger charge is 2.22. The van der Waals surface area contributed by atoms with Crippen molar-refractivity contribution < 1.29 is 23.8 Å². The standard InChI is InChI=1S/C21H15ClFNO4S/c1-11-3-8-15(23)9-17(11)28-12(2)20(25)24-16-10-29-19(18(16)21(26)27)13-4-6-14(22)7-5-13/h3-10H,2H2,1H3,(H,24,25)(H,26,27). The number of carboxylic acids is 1. The molecule has 0 bridgehead atoms. The molecular formula is C21H15ClFNO4S. The van der Waals surface area contributed by atoms with E-state index in [1.54, 1.807) is 31.2 Å². The first-order valence-corrected chi connectivity index (χ1v) is 9.57. The van der Waals surface area contributed by atoms with E-state index in [4.69, 9.17) is 16.3 Å². The van der Waals surface area contributed by atoms with Gasteiger partial charge in [0.2, 0.25) is 0 Å². The summed E-state index contributed by atoms with van der Waals surface area (Å²) in [5, 5.41) is 14.2. The third-order valence-corrected chi connectivity index (χ3v) is 5.28. The normalized spacial score (nSPS) is 10.4. The van der Waals surface area contributed by atoms with Gasteiger partial charge in [0.15, 0.2) is 5.76 Å². The smallest absolute Gasteiger partial charge is 0.339 e. The second-order valence-electron chi connectivity index (χ2n) is 6.05. The molecule has 3 rings (SSSR count). The summed E-state index contributed by atoms with van der Waals surface area (Å²) in [7, 11) is 0. The van der Waals surface area contributed by atoms with Gasteiger partial charge in [0, 0.05) is 16.5 Å². The van der Waals surface area contributed by atoms with Crippen LogP contribution in [0.1, 0.15) is 15.9 Å².